The van der Waals surface area contributed by atoms with Crippen molar-refractivity contribution in [1.29, 1.82) is 0 Å². The summed E-state index contributed by atoms with van der Waals surface area (Å²) in [6.07, 6.45) is 1.80. The molecule has 0 heterocycles. The zero-order valence-electron chi connectivity index (χ0n) is 18.6. The van der Waals surface area contributed by atoms with Crippen LogP contribution in [0.3, 0.4) is 0 Å². The molecular formula is C26H29BrN2O3S. The Kier molecular flexibility index (Phi) is 9.23. The lowest BCUT2D eigenvalue weighted by atomic mass is 9.88. The van der Waals surface area contributed by atoms with Gasteiger partial charge in [0.1, 0.15) is 6.04 Å². The lowest BCUT2D eigenvalue weighted by Crippen LogP contribution is -2.46. The van der Waals surface area contributed by atoms with Crippen LogP contribution in [0.15, 0.2) is 94.3 Å². The Morgan fingerprint density at radius 1 is 0.848 bits per heavy atom. The number of sulfonamides is 1. The summed E-state index contributed by atoms with van der Waals surface area (Å²) in [5.41, 5.74) is 2.36. The molecule has 0 fully saturated rings. The summed E-state index contributed by atoms with van der Waals surface area (Å²) < 4.78 is 28.9. The Balaban J connectivity index is 1.66. The van der Waals surface area contributed by atoms with Gasteiger partial charge in [-0.25, -0.2) is 8.42 Å². The first kappa shape index (κ1) is 25.1. The molecule has 0 saturated heterocycles. The molecule has 0 spiro atoms. The predicted molar refractivity (Wildman–Crippen MR) is 136 cm³/mol. The van der Waals surface area contributed by atoms with Crippen molar-refractivity contribution in [2.45, 2.75) is 43.0 Å². The summed E-state index contributed by atoms with van der Waals surface area (Å²) >= 11 is 3.31. The summed E-state index contributed by atoms with van der Waals surface area (Å²) in [6.45, 7) is 2.36. The van der Waals surface area contributed by atoms with E-state index in [1.54, 1.807) is 12.1 Å². The average Bonchev–Trinajstić information content (AvgIpc) is 2.83. The van der Waals surface area contributed by atoms with E-state index in [0.29, 0.717) is 25.8 Å². The molecule has 0 aliphatic carbocycles. The third-order valence-corrected chi connectivity index (χ3v) is 7.47. The van der Waals surface area contributed by atoms with Crippen LogP contribution >= 0.6 is 15.9 Å². The molecule has 1 amide bonds. The first-order valence-electron chi connectivity index (χ1n) is 11.1. The number of carbonyl (C=O) groups excluding carboxylic acids is 1. The van der Waals surface area contributed by atoms with Crippen LogP contribution in [0.25, 0.3) is 0 Å². The number of halogens is 1. The van der Waals surface area contributed by atoms with Crippen molar-refractivity contribution < 1.29 is 13.2 Å². The number of carbonyl (C=O) groups is 1. The topological polar surface area (TPSA) is 75.3 Å². The highest BCUT2D eigenvalue weighted by molar-refractivity contribution is 9.10. The lowest BCUT2D eigenvalue weighted by molar-refractivity contribution is -0.122. The maximum absolute atomic E-state index is 12.9. The molecule has 7 heteroatoms. The Hall–Kier alpha value is -2.48. The van der Waals surface area contributed by atoms with Crippen LogP contribution in [0, 0.1) is 0 Å². The van der Waals surface area contributed by atoms with Crippen molar-refractivity contribution in [1.82, 2.24) is 10.0 Å². The molecule has 3 aromatic carbocycles. The van der Waals surface area contributed by atoms with Gasteiger partial charge < -0.3 is 5.32 Å². The molecule has 0 aliphatic rings. The molecule has 0 bridgehead atoms. The molecule has 1 atom stereocenters. The van der Waals surface area contributed by atoms with Gasteiger partial charge in [0.25, 0.3) is 0 Å². The van der Waals surface area contributed by atoms with Gasteiger partial charge in [0.05, 0.1) is 4.90 Å². The number of hydrogen-bond acceptors (Lipinski definition) is 3. The van der Waals surface area contributed by atoms with Gasteiger partial charge in [0, 0.05) is 16.9 Å². The molecule has 174 valence electrons. The third kappa shape index (κ3) is 7.25. The normalized spacial score (nSPS) is 12.5. The van der Waals surface area contributed by atoms with Crippen molar-refractivity contribution in [3.63, 3.8) is 0 Å². The lowest BCUT2D eigenvalue weighted by Gasteiger charge is -2.21. The van der Waals surface area contributed by atoms with Crippen molar-refractivity contribution in [3.05, 3.63) is 101 Å². The van der Waals surface area contributed by atoms with Crippen molar-refractivity contribution in [3.8, 4) is 0 Å². The first-order valence-corrected chi connectivity index (χ1v) is 13.3. The van der Waals surface area contributed by atoms with Gasteiger partial charge in [-0.3, -0.25) is 4.79 Å². The quantitative estimate of drug-likeness (QED) is 0.357. The third-order valence-electron chi connectivity index (χ3n) is 5.45. The summed E-state index contributed by atoms with van der Waals surface area (Å²) in [4.78, 5) is 13.0. The van der Waals surface area contributed by atoms with Crippen LogP contribution in [0.2, 0.25) is 0 Å². The number of nitrogens with one attached hydrogen (secondary N) is 2. The zero-order valence-corrected chi connectivity index (χ0v) is 21.0. The van der Waals surface area contributed by atoms with Gasteiger partial charge in [0.15, 0.2) is 0 Å². The smallest absolute Gasteiger partial charge is 0.241 e. The van der Waals surface area contributed by atoms with Crippen LogP contribution in [-0.4, -0.2) is 26.9 Å². The molecule has 1 unspecified atom stereocenters. The van der Waals surface area contributed by atoms with Gasteiger partial charge in [-0.2, -0.15) is 4.72 Å². The van der Waals surface area contributed by atoms with E-state index in [-0.39, 0.29) is 16.7 Å². The number of benzene rings is 3. The molecule has 0 saturated carbocycles. The summed E-state index contributed by atoms with van der Waals surface area (Å²) in [7, 11) is -3.80. The SMILES string of the molecule is CCCC(NS(=O)(=O)c1ccc(Br)cc1)C(=O)NCCC(c1ccccc1)c1ccccc1. The molecule has 33 heavy (non-hydrogen) atoms. The van der Waals surface area contributed by atoms with E-state index in [0.717, 1.165) is 4.47 Å². The van der Waals surface area contributed by atoms with Crippen molar-refractivity contribution in [2.75, 3.05) is 6.54 Å². The monoisotopic (exact) mass is 528 g/mol. The van der Waals surface area contributed by atoms with Gasteiger partial charge in [-0.15, -0.1) is 0 Å². The largest absolute Gasteiger partial charge is 0.355 e. The Morgan fingerprint density at radius 3 is 1.91 bits per heavy atom. The minimum atomic E-state index is -3.80. The summed E-state index contributed by atoms with van der Waals surface area (Å²) in [6, 6.07) is 25.9. The molecule has 5 nitrogen and oxygen atoms in total. The van der Waals surface area contributed by atoms with E-state index >= 15 is 0 Å². The highest BCUT2D eigenvalue weighted by Gasteiger charge is 2.25. The van der Waals surface area contributed by atoms with Crippen LogP contribution < -0.4 is 10.0 Å². The van der Waals surface area contributed by atoms with E-state index in [2.05, 4.69) is 50.2 Å². The van der Waals surface area contributed by atoms with Crippen LogP contribution in [0.5, 0.6) is 0 Å². The first-order chi connectivity index (χ1) is 15.9. The van der Waals surface area contributed by atoms with E-state index in [1.165, 1.54) is 23.3 Å². The van der Waals surface area contributed by atoms with Crippen LogP contribution in [0.4, 0.5) is 0 Å². The fraction of sp³-hybridized carbons (Fsp3) is 0.269. The highest BCUT2D eigenvalue weighted by atomic mass is 79.9. The minimum absolute atomic E-state index is 0.132. The van der Waals surface area contributed by atoms with Crippen LogP contribution in [0.1, 0.15) is 43.2 Å². The van der Waals surface area contributed by atoms with E-state index in [1.807, 2.05) is 43.3 Å². The van der Waals surface area contributed by atoms with E-state index < -0.39 is 16.1 Å². The van der Waals surface area contributed by atoms with E-state index in [9.17, 15) is 13.2 Å². The second-order valence-electron chi connectivity index (χ2n) is 7.87. The van der Waals surface area contributed by atoms with Crippen LogP contribution in [-0.2, 0) is 14.8 Å². The Labute approximate surface area is 204 Å². The number of hydrogen-bond donors (Lipinski definition) is 2. The summed E-state index contributed by atoms with van der Waals surface area (Å²) in [5.74, 6) is -0.172. The van der Waals surface area contributed by atoms with Crippen molar-refractivity contribution >= 4 is 31.9 Å². The molecule has 0 aliphatic heterocycles. The maximum atomic E-state index is 12.9. The average molecular weight is 530 g/mol. The summed E-state index contributed by atoms with van der Waals surface area (Å²) in [5, 5.41) is 2.95. The van der Waals surface area contributed by atoms with Gasteiger partial charge in [0.2, 0.25) is 15.9 Å². The molecule has 0 radical (unpaired) electrons. The molecular weight excluding hydrogens is 500 g/mol. The van der Waals surface area contributed by atoms with Gasteiger partial charge >= 0.3 is 0 Å². The Morgan fingerprint density at radius 2 is 1.39 bits per heavy atom. The molecule has 3 aromatic rings. The fourth-order valence-electron chi connectivity index (χ4n) is 3.76. The maximum Gasteiger partial charge on any atom is 0.241 e. The van der Waals surface area contributed by atoms with Crippen molar-refractivity contribution in [2.24, 2.45) is 0 Å². The standard InChI is InChI=1S/C26H29BrN2O3S/c1-2-9-25(29-33(31,32)23-16-14-22(27)15-17-23)26(30)28-19-18-24(20-10-5-3-6-11-20)21-12-7-4-8-13-21/h3-8,10-17,24-25,29H,2,9,18-19H2,1H3,(H,28,30). The predicted octanol–water partition coefficient (Wildman–Crippen LogP) is 5.23. The fourth-order valence-corrected chi connectivity index (χ4v) is 5.25. The zero-order chi connectivity index (χ0) is 23.7. The van der Waals surface area contributed by atoms with Gasteiger partial charge in [-0.1, -0.05) is 89.9 Å². The Bertz CT molecular complexity index is 1080. The highest BCUT2D eigenvalue weighted by Crippen LogP contribution is 2.27. The molecule has 0 aromatic heterocycles. The minimum Gasteiger partial charge on any atom is -0.355 e. The van der Waals surface area contributed by atoms with Gasteiger partial charge in [-0.05, 0) is 48.2 Å². The molecule has 3 rings (SSSR count). The number of amides is 1. The second kappa shape index (κ2) is 12.1. The number of rotatable bonds is 11. The molecule has 2 N–H and O–H groups in total. The second-order valence-corrected chi connectivity index (χ2v) is 10.5. The van der Waals surface area contributed by atoms with E-state index in [4.69, 9.17) is 0 Å².